The Labute approximate surface area is 111 Å². The fourth-order valence-electron chi connectivity index (χ4n) is 1.27. The first-order valence-corrected chi connectivity index (χ1v) is 5.45. The molecule has 1 aromatic heterocycles. The zero-order valence-electron chi connectivity index (χ0n) is 11.6. The van der Waals surface area contributed by atoms with Gasteiger partial charge in [0.15, 0.2) is 0 Å². The first kappa shape index (κ1) is 15.3. The van der Waals surface area contributed by atoms with Crippen molar-refractivity contribution in [3.8, 4) is 0 Å². The summed E-state index contributed by atoms with van der Waals surface area (Å²) >= 11 is 0. The lowest BCUT2D eigenvalue weighted by molar-refractivity contribution is -0.0472. The zero-order chi connectivity index (χ0) is 14.3. The largest absolute Gasteiger partial charge is 0.284 e. The minimum absolute atomic E-state index is 0.144. The minimum Gasteiger partial charge on any atom is -0.277 e. The molecule has 0 aliphatic rings. The highest BCUT2D eigenvalue weighted by molar-refractivity contribution is 5.40. The molecule has 0 atom stereocenters. The third-order valence-corrected chi connectivity index (χ3v) is 2.03. The van der Waals surface area contributed by atoms with Gasteiger partial charge in [0.1, 0.15) is 0 Å². The summed E-state index contributed by atoms with van der Waals surface area (Å²) in [4.78, 5) is 32.1. The number of nitrogens with one attached hydrogen (secondary N) is 1. The van der Waals surface area contributed by atoms with Crippen molar-refractivity contribution >= 4 is 17.8 Å². The molecule has 0 aliphatic heterocycles. The predicted molar refractivity (Wildman–Crippen MR) is 67.0 cm³/mol. The summed E-state index contributed by atoms with van der Waals surface area (Å²) in [5.74, 6) is 0.621. The van der Waals surface area contributed by atoms with Crippen molar-refractivity contribution < 1.29 is 19.4 Å². The third-order valence-electron chi connectivity index (χ3n) is 2.03. The second kappa shape index (κ2) is 7.63. The Kier molecular flexibility index (Phi) is 6.15. The maximum absolute atomic E-state index is 5.13. The van der Waals surface area contributed by atoms with Gasteiger partial charge in [-0.2, -0.15) is 15.0 Å². The van der Waals surface area contributed by atoms with Gasteiger partial charge >= 0.3 is 0 Å². The van der Waals surface area contributed by atoms with Crippen LogP contribution in [0.1, 0.15) is 6.92 Å². The lowest BCUT2D eigenvalue weighted by Gasteiger charge is -2.21. The van der Waals surface area contributed by atoms with Gasteiger partial charge in [0.2, 0.25) is 0 Å². The average molecular weight is 274 g/mol. The number of hydrogen-bond donors (Lipinski definition) is 1. The van der Waals surface area contributed by atoms with Crippen molar-refractivity contribution in [1.82, 2.24) is 15.0 Å². The van der Waals surface area contributed by atoms with E-state index in [9.17, 15) is 0 Å². The molecule has 0 bridgehead atoms. The second-order valence-corrected chi connectivity index (χ2v) is 3.06. The van der Waals surface area contributed by atoms with Gasteiger partial charge in [-0.3, -0.25) is 9.68 Å². The van der Waals surface area contributed by atoms with Crippen molar-refractivity contribution in [2.24, 2.45) is 0 Å². The number of hydrogen-bond acceptors (Lipinski definition) is 10. The number of nitrogens with zero attached hydrogens (tertiary/aromatic N) is 5. The molecule has 1 N–H and O–H groups in total. The maximum Gasteiger partial charge on any atom is 0.284 e. The molecular formula is C9H18N6O4. The summed E-state index contributed by atoms with van der Waals surface area (Å²) in [5.41, 5.74) is 2.51. The smallest absolute Gasteiger partial charge is 0.277 e. The number of anilines is 3. The van der Waals surface area contributed by atoms with Gasteiger partial charge < -0.3 is 0 Å². The van der Waals surface area contributed by atoms with Crippen molar-refractivity contribution in [2.75, 3.05) is 50.8 Å². The van der Waals surface area contributed by atoms with Crippen LogP contribution in [-0.4, -0.2) is 49.9 Å². The molecule has 0 saturated carbocycles. The van der Waals surface area contributed by atoms with Crippen LogP contribution >= 0.6 is 0 Å². The van der Waals surface area contributed by atoms with Crippen LogP contribution in [0.4, 0.5) is 17.8 Å². The fraction of sp³-hybridized carbons (Fsp3) is 0.667. The molecule has 0 amide bonds. The SMILES string of the molecule is CCN(OC)c1nc(NOC)nc(N(OC)OC)n1. The molecule has 1 aromatic rings. The van der Waals surface area contributed by atoms with Gasteiger partial charge in [-0.1, -0.05) is 5.23 Å². The summed E-state index contributed by atoms with van der Waals surface area (Å²) in [5, 5.41) is 2.49. The highest BCUT2D eigenvalue weighted by atomic mass is 16.9. The van der Waals surface area contributed by atoms with Crippen LogP contribution in [-0.2, 0) is 19.4 Å². The number of aromatic nitrogens is 3. The summed E-state index contributed by atoms with van der Waals surface area (Å²) < 4.78 is 0. The monoisotopic (exact) mass is 274 g/mol. The van der Waals surface area contributed by atoms with Gasteiger partial charge in [0.05, 0.1) is 28.4 Å². The molecule has 0 aliphatic carbocycles. The van der Waals surface area contributed by atoms with E-state index < -0.39 is 0 Å². The second-order valence-electron chi connectivity index (χ2n) is 3.06. The fourth-order valence-corrected chi connectivity index (χ4v) is 1.27. The van der Waals surface area contributed by atoms with Crippen LogP contribution < -0.4 is 15.8 Å². The Hall–Kier alpha value is -1.75. The number of rotatable bonds is 8. The van der Waals surface area contributed by atoms with E-state index in [0.29, 0.717) is 6.54 Å². The van der Waals surface area contributed by atoms with Crippen LogP contribution in [0, 0.1) is 0 Å². The van der Waals surface area contributed by atoms with E-state index in [-0.39, 0.29) is 17.8 Å². The van der Waals surface area contributed by atoms with Crippen molar-refractivity contribution in [1.29, 1.82) is 0 Å². The predicted octanol–water partition coefficient (Wildman–Crippen LogP) is 0.162. The Morgan fingerprint density at radius 1 is 0.947 bits per heavy atom. The van der Waals surface area contributed by atoms with Gasteiger partial charge in [0, 0.05) is 6.54 Å². The topological polar surface area (TPSA) is 94.1 Å². The standard InChI is InChI=1S/C9H18N6O4/c1-6-14(17-3)8-10-7(13-16-2)11-9(12-8)15(18-4)19-5/h6H2,1-5H3,(H,10,11,12,13). The zero-order valence-corrected chi connectivity index (χ0v) is 11.6. The Bertz CT molecular complexity index is 355. The van der Waals surface area contributed by atoms with Gasteiger partial charge in [-0.05, 0) is 6.92 Å². The Morgan fingerprint density at radius 3 is 2.05 bits per heavy atom. The molecule has 0 radical (unpaired) electrons. The molecule has 0 fully saturated rings. The minimum atomic E-state index is 0.144. The molecular weight excluding hydrogens is 256 g/mol. The highest BCUT2D eigenvalue weighted by Crippen LogP contribution is 2.16. The molecule has 0 spiro atoms. The Morgan fingerprint density at radius 2 is 1.58 bits per heavy atom. The van der Waals surface area contributed by atoms with Crippen LogP contribution in [0.5, 0.6) is 0 Å². The van der Waals surface area contributed by atoms with E-state index in [2.05, 4.69) is 20.4 Å². The summed E-state index contributed by atoms with van der Waals surface area (Å²) in [6.07, 6.45) is 0. The van der Waals surface area contributed by atoms with Crippen LogP contribution in [0.25, 0.3) is 0 Å². The quantitative estimate of drug-likeness (QED) is 0.660. The molecule has 108 valence electrons. The van der Waals surface area contributed by atoms with Gasteiger partial charge in [-0.25, -0.2) is 20.2 Å². The van der Waals surface area contributed by atoms with E-state index in [4.69, 9.17) is 19.4 Å². The summed E-state index contributed by atoms with van der Waals surface area (Å²) in [6, 6.07) is 0. The van der Waals surface area contributed by atoms with Crippen LogP contribution in [0.2, 0.25) is 0 Å². The Balaban J connectivity index is 3.16. The van der Waals surface area contributed by atoms with Gasteiger partial charge in [-0.15, -0.1) is 0 Å². The van der Waals surface area contributed by atoms with E-state index in [0.717, 1.165) is 5.23 Å². The summed E-state index contributed by atoms with van der Waals surface area (Å²) in [7, 11) is 5.80. The van der Waals surface area contributed by atoms with E-state index >= 15 is 0 Å². The van der Waals surface area contributed by atoms with E-state index in [1.54, 1.807) is 0 Å². The third kappa shape index (κ3) is 3.86. The molecule has 1 rings (SSSR count). The molecule has 19 heavy (non-hydrogen) atoms. The normalized spacial score (nSPS) is 10.4. The molecule has 0 unspecified atom stereocenters. The van der Waals surface area contributed by atoms with E-state index in [1.807, 2.05) is 6.92 Å². The molecule has 0 aromatic carbocycles. The van der Waals surface area contributed by atoms with Crippen molar-refractivity contribution in [3.63, 3.8) is 0 Å². The first-order chi connectivity index (χ1) is 9.19. The lowest BCUT2D eigenvalue weighted by atomic mass is 10.7. The summed E-state index contributed by atoms with van der Waals surface area (Å²) in [6.45, 7) is 2.44. The van der Waals surface area contributed by atoms with Crippen LogP contribution in [0.15, 0.2) is 0 Å². The van der Waals surface area contributed by atoms with Crippen molar-refractivity contribution in [2.45, 2.75) is 6.92 Å². The van der Waals surface area contributed by atoms with Crippen molar-refractivity contribution in [3.05, 3.63) is 0 Å². The van der Waals surface area contributed by atoms with E-state index in [1.165, 1.54) is 33.5 Å². The average Bonchev–Trinajstić information content (AvgIpc) is 2.42. The van der Waals surface area contributed by atoms with Gasteiger partial charge in [0.25, 0.3) is 17.8 Å². The lowest BCUT2D eigenvalue weighted by Crippen LogP contribution is -2.27. The molecule has 1 heterocycles. The molecule has 10 heteroatoms. The molecule has 0 saturated heterocycles. The first-order valence-electron chi connectivity index (χ1n) is 5.45. The number of hydroxylamine groups is 1. The molecule has 10 nitrogen and oxygen atoms in total. The van der Waals surface area contributed by atoms with Crippen LogP contribution in [0.3, 0.4) is 0 Å². The highest BCUT2D eigenvalue weighted by Gasteiger charge is 2.16. The maximum atomic E-state index is 5.13.